The maximum atomic E-state index is 12.4. The summed E-state index contributed by atoms with van der Waals surface area (Å²) in [6, 6.07) is 5.65. The maximum Gasteiger partial charge on any atom is 0.224 e. The summed E-state index contributed by atoms with van der Waals surface area (Å²) in [7, 11) is 0. The number of benzene rings is 1. The van der Waals surface area contributed by atoms with Crippen molar-refractivity contribution >= 4 is 22.5 Å². The van der Waals surface area contributed by atoms with E-state index in [1.807, 2.05) is 25.1 Å². The number of unbranched alkanes of at least 4 members (excludes halogenated alkanes) is 2. The Kier molecular flexibility index (Phi) is 4.56. The van der Waals surface area contributed by atoms with Gasteiger partial charge in [0.2, 0.25) is 11.3 Å². The van der Waals surface area contributed by atoms with E-state index in [0.29, 0.717) is 17.5 Å². The van der Waals surface area contributed by atoms with Gasteiger partial charge in [-0.15, -0.1) is 0 Å². The second kappa shape index (κ2) is 6.37. The van der Waals surface area contributed by atoms with Crippen molar-refractivity contribution < 1.29 is 4.79 Å². The highest BCUT2D eigenvalue weighted by molar-refractivity contribution is 5.93. The van der Waals surface area contributed by atoms with E-state index in [4.69, 9.17) is 0 Å². The van der Waals surface area contributed by atoms with E-state index in [2.05, 4.69) is 17.2 Å². The summed E-state index contributed by atoms with van der Waals surface area (Å²) in [5.74, 6) is -0.100. The largest absolute Gasteiger partial charge is 0.359 e. The Hall–Kier alpha value is -2.10. The van der Waals surface area contributed by atoms with Crippen LogP contribution in [-0.4, -0.2) is 10.9 Å². The topological polar surface area (TPSA) is 62.0 Å². The molecule has 0 aliphatic heterocycles. The van der Waals surface area contributed by atoms with Crippen LogP contribution in [0.3, 0.4) is 0 Å². The Morgan fingerprint density at radius 3 is 2.85 bits per heavy atom. The van der Waals surface area contributed by atoms with Gasteiger partial charge in [-0.2, -0.15) is 0 Å². The van der Waals surface area contributed by atoms with Crippen LogP contribution in [0.1, 0.15) is 38.2 Å². The molecular formula is C16H20N2O2. The molecule has 2 aromatic rings. The fourth-order valence-corrected chi connectivity index (χ4v) is 2.28. The molecule has 2 rings (SSSR count). The molecule has 0 bridgehead atoms. The van der Waals surface area contributed by atoms with Gasteiger partial charge in [0.05, 0.1) is 5.39 Å². The van der Waals surface area contributed by atoms with Crippen LogP contribution < -0.4 is 10.7 Å². The molecule has 0 aliphatic rings. The molecule has 0 saturated heterocycles. The van der Waals surface area contributed by atoms with E-state index in [-0.39, 0.29) is 11.3 Å². The van der Waals surface area contributed by atoms with Gasteiger partial charge in [-0.3, -0.25) is 9.59 Å². The first-order valence-electron chi connectivity index (χ1n) is 7.04. The number of rotatable bonds is 5. The summed E-state index contributed by atoms with van der Waals surface area (Å²) in [4.78, 5) is 27.2. The number of aromatic amines is 1. The average molecular weight is 272 g/mol. The van der Waals surface area contributed by atoms with E-state index in [1.165, 1.54) is 0 Å². The fourth-order valence-electron chi connectivity index (χ4n) is 2.28. The number of H-pyrrole nitrogens is 1. The van der Waals surface area contributed by atoms with Crippen molar-refractivity contribution in [3.8, 4) is 0 Å². The summed E-state index contributed by atoms with van der Waals surface area (Å²) in [6.45, 7) is 3.99. The molecule has 1 heterocycles. The van der Waals surface area contributed by atoms with Crippen molar-refractivity contribution in [2.45, 2.75) is 39.5 Å². The molecule has 0 aliphatic carbocycles. The maximum absolute atomic E-state index is 12.4. The number of pyridine rings is 1. The van der Waals surface area contributed by atoms with Crippen LogP contribution >= 0.6 is 0 Å². The summed E-state index contributed by atoms with van der Waals surface area (Å²) >= 11 is 0. The van der Waals surface area contributed by atoms with Crippen LogP contribution in [0.25, 0.3) is 10.9 Å². The third-order valence-electron chi connectivity index (χ3n) is 3.40. The second-order valence-corrected chi connectivity index (χ2v) is 5.03. The molecule has 1 aromatic heterocycles. The van der Waals surface area contributed by atoms with Crippen LogP contribution in [0.2, 0.25) is 0 Å². The van der Waals surface area contributed by atoms with Crippen molar-refractivity contribution in [3.05, 3.63) is 40.2 Å². The average Bonchev–Trinajstić information content (AvgIpc) is 2.42. The molecule has 0 saturated carbocycles. The van der Waals surface area contributed by atoms with Crippen LogP contribution in [0.5, 0.6) is 0 Å². The van der Waals surface area contributed by atoms with Gasteiger partial charge >= 0.3 is 0 Å². The number of carbonyl (C=O) groups excluding carboxylic acids is 1. The van der Waals surface area contributed by atoms with E-state index in [1.54, 1.807) is 6.20 Å². The highest BCUT2D eigenvalue weighted by atomic mass is 16.2. The van der Waals surface area contributed by atoms with Gasteiger partial charge in [-0.05, 0) is 25.0 Å². The number of hydrogen-bond donors (Lipinski definition) is 2. The predicted molar refractivity (Wildman–Crippen MR) is 82.1 cm³/mol. The Morgan fingerprint density at radius 2 is 2.10 bits per heavy atom. The minimum Gasteiger partial charge on any atom is -0.359 e. The lowest BCUT2D eigenvalue weighted by Crippen LogP contribution is -2.18. The van der Waals surface area contributed by atoms with Gasteiger partial charge in [-0.1, -0.05) is 31.9 Å². The summed E-state index contributed by atoms with van der Waals surface area (Å²) in [5.41, 5.74) is 1.90. The molecule has 0 fully saturated rings. The molecule has 0 radical (unpaired) electrons. The Balaban J connectivity index is 2.23. The van der Waals surface area contributed by atoms with Crippen LogP contribution in [0, 0.1) is 6.92 Å². The lowest BCUT2D eigenvalue weighted by molar-refractivity contribution is -0.116. The quantitative estimate of drug-likeness (QED) is 0.820. The predicted octanol–water partition coefficient (Wildman–Crippen LogP) is 3.36. The van der Waals surface area contributed by atoms with Crippen molar-refractivity contribution in [2.24, 2.45) is 0 Å². The number of hydrogen-bond acceptors (Lipinski definition) is 2. The molecule has 0 unspecified atom stereocenters. The van der Waals surface area contributed by atoms with Gasteiger partial charge < -0.3 is 10.3 Å². The third kappa shape index (κ3) is 3.07. The molecule has 0 spiro atoms. The molecule has 1 amide bonds. The number of amides is 1. The van der Waals surface area contributed by atoms with Gasteiger partial charge in [0, 0.05) is 18.1 Å². The van der Waals surface area contributed by atoms with Crippen molar-refractivity contribution in [3.63, 3.8) is 0 Å². The summed E-state index contributed by atoms with van der Waals surface area (Å²) in [6.07, 6.45) is 4.98. The summed E-state index contributed by atoms with van der Waals surface area (Å²) < 4.78 is 0. The molecule has 4 nitrogen and oxygen atoms in total. The highest BCUT2D eigenvalue weighted by Gasteiger charge is 2.09. The molecule has 0 atom stereocenters. The Morgan fingerprint density at radius 1 is 1.30 bits per heavy atom. The van der Waals surface area contributed by atoms with Crippen LogP contribution in [-0.2, 0) is 4.79 Å². The molecule has 1 aromatic carbocycles. The van der Waals surface area contributed by atoms with Crippen LogP contribution in [0.15, 0.2) is 29.2 Å². The van der Waals surface area contributed by atoms with Gasteiger partial charge in [0.25, 0.3) is 0 Å². The lowest BCUT2D eigenvalue weighted by atomic mass is 10.1. The first kappa shape index (κ1) is 14.3. The van der Waals surface area contributed by atoms with Crippen LogP contribution in [0.4, 0.5) is 5.69 Å². The number of anilines is 1. The minimum absolute atomic E-state index is 0.100. The molecule has 4 heteroatoms. The molecule has 2 N–H and O–H groups in total. The number of aryl methyl sites for hydroxylation is 1. The standard InChI is InChI=1S/C16H20N2O2/c1-3-4-5-9-14(19)18-13-10-17-12-8-6-7-11(2)15(12)16(13)20/h6-8,10H,3-5,9H2,1-2H3,(H,17,20)(H,18,19). The number of nitrogens with one attached hydrogen (secondary N) is 2. The first-order valence-corrected chi connectivity index (χ1v) is 7.04. The number of carbonyl (C=O) groups is 1. The lowest BCUT2D eigenvalue weighted by Gasteiger charge is -2.07. The zero-order valence-corrected chi connectivity index (χ0v) is 12.0. The molecule has 106 valence electrons. The SMILES string of the molecule is CCCCCC(=O)Nc1c[nH]c2cccc(C)c2c1=O. The Bertz CT molecular complexity index is 674. The van der Waals surface area contributed by atoms with E-state index in [0.717, 1.165) is 30.3 Å². The number of aromatic nitrogens is 1. The van der Waals surface area contributed by atoms with Crippen molar-refractivity contribution in [2.75, 3.05) is 5.32 Å². The van der Waals surface area contributed by atoms with Gasteiger partial charge in [-0.25, -0.2) is 0 Å². The van der Waals surface area contributed by atoms with Crippen molar-refractivity contribution in [1.82, 2.24) is 4.98 Å². The molecule has 20 heavy (non-hydrogen) atoms. The molecular weight excluding hydrogens is 252 g/mol. The third-order valence-corrected chi connectivity index (χ3v) is 3.40. The van der Waals surface area contributed by atoms with E-state index < -0.39 is 0 Å². The normalized spacial score (nSPS) is 10.7. The first-order chi connectivity index (χ1) is 9.63. The smallest absolute Gasteiger partial charge is 0.224 e. The van der Waals surface area contributed by atoms with E-state index >= 15 is 0 Å². The fraction of sp³-hybridized carbons (Fsp3) is 0.375. The zero-order valence-electron chi connectivity index (χ0n) is 12.0. The Labute approximate surface area is 118 Å². The van der Waals surface area contributed by atoms with Crippen molar-refractivity contribution in [1.29, 1.82) is 0 Å². The summed E-state index contributed by atoms with van der Waals surface area (Å²) in [5, 5.41) is 3.34. The zero-order chi connectivity index (χ0) is 14.5. The second-order valence-electron chi connectivity index (χ2n) is 5.03. The van der Waals surface area contributed by atoms with E-state index in [9.17, 15) is 9.59 Å². The highest BCUT2D eigenvalue weighted by Crippen LogP contribution is 2.14. The van der Waals surface area contributed by atoms with Gasteiger partial charge in [0.15, 0.2) is 0 Å². The number of fused-ring (bicyclic) bond motifs is 1. The monoisotopic (exact) mass is 272 g/mol. The minimum atomic E-state index is -0.124. The van der Waals surface area contributed by atoms with Gasteiger partial charge in [0.1, 0.15) is 5.69 Å².